The summed E-state index contributed by atoms with van der Waals surface area (Å²) in [7, 11) is 0. The molecule has 120 valence electrons. The van der Waals surface area contributed by atoms with Crippen molar-refractivity contribution in [1.82, 2.24) is 4.98 Å². The van der Waals surface area contributed by atoms with E-state index >= 15 is 0 Å². The van der Waals surface area contributed by atoms with Gasteiger partial charge < -0.3 is 9.72 Å². The monoisotopic (exact) mass is 319 g/mol. The molecule has 0 atom stereocenters. The average molecular weight is 319 g/mol. The number of fused-ring (bicyclic) bond motifs is 8. The fourth-order valence-corrected chi connectivity index (χ4v) is 4.45. The standard InChI is InChI=1S/C20H17NO3/c1-2-24-15-8-4-7-12-17(15)19-18-14(23)9-13(22)16(18)10-5-3-6-11(10)20(19)21-12/h4,7-8,21H,2-3,5-6,9H2,1H3. The first kappa shape index (κ1) is 13.8. The lowest BCUT2D eigenvalue weighted by Gasteiger charge is -2.10. The van der Waals surface area contributed by atoms with Gasteiger partial charge in [-0.25, -0.2) is 0 Å². The zero-order valence-corrected chi connectivity index (χ0v) is 13.5. The molecular formula is C20H17NO3. The van der Waals surface area contributed by atoms with Gasteiger partial charge in [0.25, 0.3) is 0 Å². The summed E-state index contributed by atoms with van der Waals surface area (Å²) in [5.41, 5.74) is 5.60. The highest BCUT2D eigenvalue weighted by Crippen LogP contribution is 2.45. The predicted molar refractivity (Wildman–Crippen MR) is 92.3 cm³/mol. The van der Waals surface area contributed by atoms with Crippen molar-refractivity contribution in [2.24, 2.45) is 0 Å². The molecule has 1 aromatic heterocycles. The molecule has 0 bridgehead atoms. The number of hydrogen-bond acceptors (Lipinski definition) is 3. The van der Waals surface area contributed by atoms with Crippen LogP contribution >= 0.6 is 0 Å². The smallest absolute Gasteiger partial charge is 0.172 e. The van der Waals surface area contributed by atoms with Crippen LogP contribution in [0.2, 0.25) is 0 Å². The van der Waals surface area contributed by atoms with Gasteiger partial charge in [0.15, 0.2) is 11.6 Å². The second-order valence-electron chi connectivity index (χ2n) is 6.57. The van der Waals surface area contributed by atoms with E-state index in [1.54, 1.807) is 0 Å². The highest BCUT2D eigenvalue weighted by molar-refractivity contribution is 6.33. The largest absolute Gasteiger partial charge is 0.493 e. The van der Waals surface area contributed by atoms with Gasteiger partial charge in [-0.2, -0.15) is 0 Å². The zero-order chi connectivity index (χ0) is 16.4. The van der Waals surface area contributed by atoms with Gasteiger partial charge >= 0.3 is 0 Å². The zero-order valence-electron chi connectivity index (χ0n) is 13.5. The number of Topliss-reactive ketones (excluding diaryl/α,β-unsaturated/α-hetero) is 2. The maximum Gasteiger partial charge on any atom is 0.172 e. The number of aromatic nitrogens is 1. The Hall–Kier alpha value is -2.62. The molecule has 4 heteroatoms. The number of carbonyl (C=O) groups excluding carboxylic acids is 2. The van der Waals surface area contributed by atoms with Crippen LogP contribution in [0, 0.1) is 0 Å². The molecule has 2 aromatic carbocycles. The summed E-state index contributed by atoms with van der Waals surface area (Å²) in [4.78, 5) is 28.6. The summed E-state index contributed by atoms with van der Waals surface area (Å²) < 4.78 is 5.81. The molecule has 0 spiro atoms. The molecule has 5 rings (SSSR count). The Morgan fingerprint density at radius 1 is 1.04 bits per heavy atom. The van der Waals surface area contributed by atoms with Crippen molar-refractivity contribution in [1.29, 1.82) is 0 Å². The molecule has 2 aliphatic rings. The second kappa shape index (κ2) is 4.69. The molecule has 0 saturated carbocycles. The Morgan fingerprint density at radius 3 is 2.67 bits per heavy atom. The topological polar surface area (TPSA) is 59.2 Å². The highest BCUT2D eigenvalue weighted by atomic mass is 16.5. The lowest BCUT2D eigenvalue weighted by Crippen LogP contribution is -2.00. The number of aryl methyl sites for hydroxylation is 1. The molecule has 0 radical (unpaired) electrons. The third kappa shape index (κ3) is 1.58. The number of carbonyl (C=O) groups is 2. The Balaban J connectivity index is 2.04. The van der Waals surface area contributed by atoms with E-state index in [0.717, 1.165) is 52.4 Å². The minimum Gasteiger partial charge on any atom is -0.493 e. The molecule has 4 nitrogen and oxygen atoms in total. The number of benzene rings is 2. The van der Waals surface area contributed by atoms with Gasteiger partial charge in [-0.05, 0) is 49.4 Å². The summed E-state index contributed by atoms with van der Waals surface area (Å²) >= 11 is 0. The van der Waals surface area contributed by atoms with Crippen molar-refractivity contribution in [3.8, 4) is 5.75 Å². The Morgan fingerprint density at radius 2 is 1.83 bits per heavy atom. The fraction of sp³-hybridized carbons (Fsp3) is 0.300. The Kier molecular flexibility index (Phi) is 2.70. The molecule has 0 saturated heterocycles. The first-order valence-corrected chi connectivity index (χ1v) is 8.52. The fourth-order valence-electron chi connectivity index (χ4n) is 4.45. The quantitative estimate of drug-likeness (QED) is 0.727. The Labute approximate surface area is 138 Å². The molecule has 3 aromatic rings. The average Bonchev–Trinajstić information content (AvgIpc) is 3.23. The summed E-state index contributed by atoms with van der Waals surface area (Å²) in [6.45, 7) is 2.51. The number of ether oxygens (including phenoxy) is 1. The summed E-state index contributed by atoms with van der Waals surface area (Å²) in [5.74, 6) is 0.703. The van der Waals surface area contributed by atoms with Gasteiger partial charge in [0.05, 0.1) is 29.4 Å². The van der Waals surface area contributed by atoms with Gasteiger partial charge in [-0.1, -0.05) is 6.07 Å². The predicted octanol–water partition coefficient (Wildman–Crippen LogP) is 3.98. The van der Waals surface area contributed by atoms with Crippen LogP contribution in [-0.4, -0.2) is 23.2 Å². The molecule has 0 aliphatic heterocycles. The minimum atomic E-state index is -0.0538. The van der Waals surface area contributed by atoms with Gasteiger partial charge in [0.2, 0.25) is 0 Å². The van der Waals surface area contributed by atoms with Gasteiger partial charge in [0, 0.05) is 16.5 Å². The molecule has 24 heavy (non-hydrogen) atoms. The molecule has 1 N–H and O–H groups in total. The van der Waals surface area contributed by atoms with Crippen molar-refractivity contribution in [3.05, 3.63) is 40.5 Å². The van der Waals surface area contributed by atoms with E-state index in [9.17, 15) is 9.59 Å². The summed E-state index contributed by atoms with van der Waals surface area (Å²) in [5, 5.41) is 1.82. The van der Waals surface area contributed by atoms with Crippen LogP contribution in [-0.2, 0) is 12.8 Å². The number of aromatic amines is 1. The van der Waals surface area contributed by atoms with E-state index in [1.807, 2.05) is 25.1 Å². The SMILES string of the molecule is CCOc1cccc2[nH]c3c4c(c5c(c3c12)C(=O)CC5=O)CCC4. The van der Waals surface area contributed by atoms with Crippen molar-refractivity contribution < 1.29 is 14.3 Å². The van der Waals surface area contributed by atoms with E-state index in [2.05, 4.69) is 4.98 Å². The third-order valence-corrected chi connectivity index (χ3v) is 5.29. The van der Waals surface area contributed by atoms with Crippen LogP contribution in [0.4, 0.5) is 0 Å². The first-order chi connectivity index (χ1) is 11.7. The maximum absolute atomic E-state index is 12.6. The summed E-state index contributed by atoms with van der Waals surface area (Å²) in [6, 6.07) is 5.89. The van der Waals surface area contributed by atoms with E-state index in [-0.39, 0.29) is 18.0 Å². The minimum absolute atomic E-state index is 0.00433. The number of H-pyrrole nitrogens is 1. The van der Waals surface area contributed by atoms with Crippen LogP contribution < -0.4 is 4.74 Å². The number of rotatable bonds is 2. The molecule has 0 amide bonds. The second-order valence-corrected chi connectivity index (χ2v) is 6.57. The highest BCUT2D eigenvalue weighted by Gasteiger charge is 2.36. The van der Waals surface area contributed by atoms with Gasteiger partial charge in [0.1, 0.15) is 5.75 Å². The maximum atomic E-state index is 12.6. The normalized spacial score (nSPS) is 16.2. The molecule has 0 fully saturated rings. The van der Waals surface area contributed by atoms with Crippen molar-refractivity contribution in [3.63, 3.8) is 0 Å². The van der Waals surface area contributed by atoms with Crippen LogP contribution in [0.25, 0.3) is 21.8 Å². The lowest BCUT2D eigenvalue weighted by atomic mass is 9.93. The van der Waals surface area contributed by atoms with Crippen LogP contribution in [0.3, 0.4) is 0 Å². The van der Waals surface area contributed by atoms with Crippen molar-refractivity contribution in [2.45, 2.75) is 32.6 Å². The first-order valence-electron chi connectivity index (χ1n) is 8.52. The molecule has 2 aliphatic carbocycles. The van der Waals surface area contributed by atoms with Crippen LogP contribution in [0.5, 0.6) is 5.75 Å². The van der Waals surface area contributed by atoms with E-state index < -0.39 is 0 Å². The molecule has 1 heterocycles. The van der Waals surface area contributed by atoms with Gasteiger partial charge in [-0.3, -0.25) is 9.59 Å². The number of nitrogens with one attached hydrogen (secondary N) is 1. The Bertz CT molecular complexity index is 1060. The summed E-state index contributed by atoms with van der Waals surface area (Å²) in [6.07, 6.45) is 2.89. The molecular weight excluding hydrogens is 302 g/mol. The molecule has 0 unspecified atom stereocenters. The van der Waals surface area contributed by atoms with Crippen LogP contribution in [0.15, 0.2) is 18.2 Å². The number of hydrogen-bond donors (Lipinski definition) is 1. The van der Waals surface area contributed by atoms with Gasteiger partial charge in [-0.15, -0.1) is 0 Å². The third-order valence-electron chi connectivity index (χ3n) is 5.29. The van der Waals surface area contributed by atoms with Crippen molar-refractivity contribution >= 4 is 33.4 Å². The van der Waals surface area contributed by atoms with Crippen LogP contribution in [0.1, 0.15) is 51.6 Å². The lowest BCUT2D eigenvalue weighted by molar-refractivity contribution is 0.0923. The van der Waals surface area contributed by atoms with E-state index in [4.69, 9.17) is 4.74 Å². The van der Waals surface area contributed by atoms with Crippen molar-refractivity contribution in [2.75, 3.05) is 6.61 Å². The van der Waals surface area contributed by atoms with E-state index in [1.165, 1.54) is 5.56 Å². The van der Waals surface area contributed by atoms with E-state index in [0.29, 0.717) is 17.7 Å². The number of ketones is 2.